The van der Waals surface area contributed by atoms with E-state index >= 15 is 0 Å². The first-order valence-corrected chi connectivity index (χ1v) is 5.19. The van der Waals surface area contributed by atoms with Crippen LogP contribution in [0.3, 0.4) is 0 Å². The minimum Gasteiger partial charge on any atom is -0.488 e. The van der Waals surface area contributed by atoms with E-state index in [2.05, 4.69) is 15.9 Å². The van der Waals surface area contributed by atoms with Gasteiger partial charge in [-0.25, -0.2) is 0 Å². The van der Waals surface area contributed by atoms with Crippen molar-refractivity contribution >= 4 is 27.5 Å². The number of rotatable bonds is 1. The van der Waals surface area contributed by atoms with Gasteiger partial charge in [0.1, 0.15) is 11.4 Å². The lowest BCUT2D eigenvalue weighted by molar-refractivity contribution is 0.131. The summed E-state index contributed by atoms with van der Waals surface area (Å²) in [5.74, 6) is 0.784. The van der Waals surface area contributed by atoms with Crippen LogP contribution in [0.15, 0.2) is 22.7 Å². The molecule has 13 heavy (non-hydrogen) atoms. The third-order valence-corrected chi connectivity index (χ3v) is 1.94. The van der Waals surface area contributed by atoms with Crippen LogP contribution >= 0.6 is 27.5 Å². The van der Waals surface area contributed by atoms with Gasteiger partial charge in [-0.2, -0.15) is 0 Å². The van der Waals surface area contributed by atoms with Crippen LogP contribution < -0.4 is 4.74 Å². The highest BCUT2D eigenvalue weighted by molar-refractivity contribution is 9.10. The van der Waals surface area contributed by atoms with Crippen molar-refractivity contribution in [3.8, 4) is 5.75 Å². The molecule has 1 rings (SSSR count). The first kappa shape index (κ1) is 10.9. The highest BCUT2D eigenvalue weighted by atomic mass is 79.9. The lowest BCUT2D eigenvalue weighted by Crippen LogP contribution is -2.22. The van der Waals surface area contributed by atoms with Crippen LogP contribution in [-0.4, -0.2) is 5.60 Å². The molecule has 0 atom stereocenters. The summed E-state index contributed by atoms with van der Waals surface area (Å²) in [7, 11) is 0. The standard InChI is InChI=1S/C10H12BrClO/c1-10(2,3)13-9-5-7(11)4-8(12)6-9/h4-6H,1-3H3. The van der Waals surface area contributed by atoms with Gasteiger partial charge in [0.2, 0.25) is 0 Å². The fraction of sp³-hybridized carbons (Fsp3) is 0.400. The van der Waals surface area contributed by atoms with Gasteiger partial charge in [0.25, 0.3) is 0 Å². The Hall–Kier alpha value is -0.210. The zero-order valence-corrected chi connectivity index (χ0v) is 10.2. The quantitative estimate of drug-likeness (QED) is 0.735. The molecule has 1 nitrogen and oxygen atoms in total. The average Bonchev–Trinajstić information content (AvgIpc) is 1.78. The van der Waals surface area contributed by atoms with Crippen LogP contribution in [0, 0.1) is 0 Å². The lowest BCUT2D eigenvalue weighted by Gasteiger charge is -2.21. The Morgan fingerprint density at radius 2 is 1.85 bits per heavy atom. The summed E-state index contributed by atoms with van der Waals surface area (Å²) in [6, 6.07) is 5.53. The molecule has 0 amide bonds. The number of benzene rings is 1. The smallest absolute Gasteiger partial charge is 0.122 e. The molecule has 0 aliphatic heterocycles. The average molecular weight is 264 g/mol. The first-order valence-electron chi connectivity index (χ1n) is 4.02. The maximum absolute atomic E-state index is 5.87. The third-order valence-electron chi connectivity index (χ3n) is 1.26. The van der Waals surface area contributed by atoms with Crippen molar-refractivity contribution in [2.24, 2.45) is 0 Å². The molecular weight excluding hydrogens is 251 g/mol. The van der Waals surface area contributed by atoms with Crippen molar-refractivity contribution in [3.63, 3.8) is 0 Å². The van der Waals surface area contributed by atoms with Crippen LogP contribution in [-0.2, 0) is 0 Å². The van der Waals surface area contributed by atoms with Crippen LogP contribution in [0.2, 0.25) is 5.02 Å². The van der Waals surface area contributed by atoms with Crippen LogP contribution in [0.4, 0.5) is 0 Å². The molecule has 72 valence electrons. The molecule has 0 fully saturated rings. The molecule has 3 heteroatoms. The second kappa shape index (κ2) is 3.89. The molecule has 0 saturated heterocycles. The Bertz CT molecular complexity index is 284. The Labute approximate surface area is 92.2 Å². The molecule has 1 aromatic carbocycles. The van der Waals surface area contributed by atoms with Gasteiger partial charge in [-0.3, -0.25) is 0 Å². The van der Waals surface area contributed by atoms with E-state index in [1.165, 1.54) is 0 Å². The van der Waals surface area contributed by atoms with Crippen molar-refractivity contribution in [2.75, 3.05) is 0 Å². The van der Waals surface area contributed by atoms with Gasteiger partial charge in [0.05, 0.1) is 0 Å². The molecule has 0 bridgehead atoms. The first-order chi connectivity index (χ1) is 5.87. The van der Waals surface area contributed by atoms with E-state index in [0.717, 1.165) is 10.2 Å². The van der Waals surface area contributed by atoms with Crippen molar-refractivity contribution < 1.29 is 4.74 Å². The molecular formula is C10H12BrClO. The second-order valence-electron chi connectivity index (χ2n) is 3.82. The van der Waals surface area contributed by atoms with Crippen LogP contribution in [0.5, 0.6) is 5.75 Å². The number of hydrogen-bond donors (Lipinski definition) is 0. The molecule has 0 radical (unpaired) electrons. The number of hydrogen-bond acceptors (Lipinski definition) is 1. The summed E-state index contributed by atoms with van der Waals surface area (Å²) in [6.07, 6.45) is 0. The minimum atomic E-state index is -0.190. The summed E-state index contributed by atoms with van der Waals surface area (Å²) < 4.78 is 6.58. The van der Waals surface area contributed by atoms with E-state index < -0.39 is 0 Å². The van der Waals surface area contributed by atoms with Crippen LogP contribution in [0.1, 0.15) is 20.8 Å². The predicted molar refractivity (Wildman–Crippen MR) is 59.5 cm³/mol. The lowest BCUT2D eigenvalue weighted by atomic mass is 10.2. The highest BCUT2D eigenvalue weighted by Gasteiger charge is 2.12. The summed E-state index contributed by atoms with van der Waals surface area (Å²) in [5.41, 5.74) is -0.190. The fourth-order valence-corrected chi connectivity index (χ4v) is 1.77. The number of halogens is 2. The second-order valence-corrected chi connectivity index (χ2v) is 5.17. The zero-order chi connectivity index (χ0) is 10.1. The largest absolute Gasteiger partial charge is 0.488 e. The molecule has 0 unspecified atom stereocenters. The summed E-state index contributed by atoms with van der Waals surface area (Å²) >= 11 is 9.23. The molecule has 0 N–H and O–H groups in total. The molecule has 1 aromatic rings. The Morgan fingerprint density at radius 3 is 2.31 bits per heavy atom. The summed E-state index contributed by atoms with van der Waals surface area (Å²) in [4.78, 5) is 0. The van der Waals surface area contributed by atoms with Crippen molar-refractivity contribution in [1.29, 1.82) is 0 Å². The van der Waals surface area contributed by atoms with Gasteiger partial charge in [0, 0.05) is 9.50 Å². The van der Waals surface area contributed by atoms with Crippen molar-refractivity contribution in [3.05, 3.63) is 27.7 Å². The molecule has 0 spiro atoms. The van der Waals surface area contributed by atoms with E-state index in [9.17, 15) is 0 Å². The van der Waals surface area contributed by atoms with Crippen LogP contribution in [0.25, 0.3) is 0 Å². The third kappa shape index (κ3) is 4.01. The molecule has 0 aliphatic carbocycles. The SMILES string of the molecule is CC(C)(C)Oc1cc(Cl)cc(Br)c1. The van der Waals surface area contributed by atoms with Gasteiger partial charge in [0.15, 0.2) is 0 Å². The zero-order valence-electron chi connectivity index (χ0n) is 7.90. The summed E-state index contributed by atoms with van der Waals surface area (Å²) in [6.45, 7) is 6.01. The number of ether oxygens (including phenoxy) is 1. The van der Waals surface area contributed by atoms with Gasteiger partial charge in [-0.15, -0.1) is 0 Å². The van der Waals surface area contributed by atoms with E-state index in [-0.39, 0.29) is 5.60 Å². The fourth-order valence-electron chi connectivity index (χ4n) is 0.941. The van der Waals surface area contributed by atoms with Gasteiger partial charge in [-0.05, 0) is 39.0 Å². The van der Waals surface area contributed by atoms with E-state index in [1.54, 1.807) is 6.07 Å². The molecule has 0 aromatic heterocycles. The van der Waals surface area contributed by atoms with Crippen molar-refractivity contribution in [1.82, 2.24) is 0 Å². The van der Waals surface area contributed by atoms with E-state index in [4.69, 9.17) is 16.3 Å². The Morgan fingerprint density at radius 1 is 1.23 bits per heavy atom. The minimum absolute atomic E-state index is 0.190. The summed E-state index contributed by atoms with van der Waals surface area (Å²) in [5, 5.41) is 0.675. The molecule has 0 aliphatic rings. The monoisotopic (exact) mass is 262 g/mol. The Kier molecular flexibility index (Phi) is 3.25. The van der Waals surface area contributed by atoms with Gasteiger partial charge in [-0.1, -0.05) is 27.5 Å². The highest BCUT2D eigenvalue weighted by Crippen LogP contribution is 2.26. The Balaban J connectivity index is 2.90. The maximum Gasteiger partial charge on any atom is 0.122 e. The molecule has 0 saturated carbocycles. The predicted octanol–water partition coefficient (Wildman–Crippen LogP) is 4.28. The maximum atomic E-state index is 5.87. The normalized spacial score (nSPS) is 11.5. The topological polar surface area (TPSA) is 9.23 Å². The van der Waals surface area contributed by atoms with Gasteiger partial charge < -0.3 is 4.74 Å². The van der Waals surface area contributed by atoms with Gasteiger partial charge >= 0.3 is 0 Å². The van der Waals surface area contributed by atoms with E-state index in [1.807, 2.05) is 32.9 Å². The van der Waals surface area contributed by atoms with Crippen molar-refractivity contribution in [2.45, 2.75) is 26.4 Å². The molecule has 0 heterocycles. The van der Waals surface area contributed by atoms with E-state index in [0.29, 0.717) is 5.02 Å².